The standard InChI is InChI=1S/C5H16N6O/c6-9-3-1-12-2-4(10-7)5(3)11-8/h3-5,9-11H,1-2,6-8H2/t3-,4?,5?/m1/s1. The van der Waals surface area contributed by atoms with E-state index in [4.69, 9.17) is 22.3 Å². The lowest BCUT2D eigenvalue weighted by Gasteiger charge is -2.36. The van der Waals surface area contributed by atoms with Gasteiger partial charge >= 0.3 is 0 Å². The van der Waals surface area contributed by atoms with Crippen LogP contribution in [0, 0.1) is 0 Å². The number of rotatable bonds is 3. The van der Waals surface area contributed by atoms with Crippen molar-refractivity contribution in [3.05, 3.63) is 0 Å². The van der Waals surface area contributed by atoms with E-state index >= 15 is 0 Å². The maximum absolute atomic E-state index is 5.34. The van der Waals surface area contributed by atoms with Gasteiger partial charge in [-0.3, -0.25) is 33.8 Å². The molecule has 0 aromatic rings. The molecule has 1 fully saturated rings. The van der Waals surface area contributed by atoms with Gasteiger partial charge in [-0.15, -0.1) is 0 Å². The Balaban J connectivity index is 2.52. The predicted molar refractivity (Wildman–Crippen MR) is 44.2 cm³/mol. The molecule has 0 bridgehead atoms. The van der Waals surface area contributed by atoms with Gasteiger partial charge in [-0.2, -0.15) is 0 Å². The summed E-state index contributed by atoms with van der Waals surface area (Å²) in [5.41, 5.74) is 7.85. The maximum Gasteiger partial charge on any atom is 0.0650 e. The van der Waals surface area contributed by atoms with Crippen LogP contribution in [0.3, 0.4) is 0 Å². The Hall–Kier alpha value is -0.280. The summed E-state index contributed by atoms with van der Waals surface area (Å²) in [7, 11) is 0. The summed E-state index contributed by atoms with van der Waals surface area (Å²) in [6.45, 7) is 1.06. The molecule has 7 heteroatoms. The molecule has 0 radical (unpaired) electrons. The number of hydrogen-bond donors (Lipinski definition) is 6. The highest BCUT2D eigenvalue weighted by molar-refractivity contribution is 4.91. The van der Waals surface area contributed by atoms with Crippen molar-refractivity contribution in [3.8, 4) is 0 Å². The topological polar surface area (TPSA) is 123 Å². The predicted octanol–water partition coefficient (Wildman–Crippen LogP) is -3.49. The fraction of sp³-hybridized carbons (Fsp3) is 1.00. The molecule has 0 aromatic carbocycles. The van der Waals surface area contributed by atoms with Crippen molar-refractivity contribution in [2.24, 2.45) is 17.5 Å². The van der Waals surface area contributed by atoms with E-state index in [0.717, 1.165) is 0 Å². The lowest BCUT2D eigenvalue weighted by Crippen LogP contribution is -2.67. The van der Waals surface area contributed by atoms with Gasteiger partial charge in [0, 0.05) is 0 Å². The molecule has 9 N–H and O–H groups in total. The van der Waals surface area contributed by atoms with Gasteiger partial charge in [0.2, 0.25) is 0 Å². The Morgan fingerprint density at radius 3 is 1.75 bits per heavy atom. The highest BCUT2D eigenvalue weighted by Gasteiger charge is 2.31. The average Bonchev–Trinajstić information content (AvgIpc) is 2.16. The van der Waals surface area contributed by atoms with Crippen LogP contribution >= 0.6 is 0 Å². The van der Waals surface area contributed by atoms with Crippen LogP contribution in [0.1, 0.15) is 0 Å². The van der Waals surface area contributed by atoms with Gasteiger partial charge in [0.1, 0.15) is 0 Å². The molecule has 1 rings (SSSR count). The number of hydrazine groups is 3. The molecule has 1 saturated heterocycles. The van der Waals surface area contributed by atoms with Crippen LogP contribution in [0.4, 0.5) is 0 Å². The first-order valence-corrected chi connectivity index (χ1v) is 3.79. The quantitative estimate of drug-likeness (QED) is 0.195. The summed E-state index contributed by atoms with van der Waals surface area (Å²) in [6.07, 6.45) is 0. The molecule has 1 aliphatic rings. The number of nitrogens with one attached hydrogen (secondary N) is 3. The van der Waals surface area contributed by atoms with Crippen molar-refractivity contribution < 1.29 is 4.74 Å². The third-order valence-corrected chi connectivity index (χ3v) is 2.08. The van der Waals surface area contributed by atoms with Crippen LogP contribution in [-0.4, -0.2) is 31.3 Å². The zero-order chi connectivity index (χ0) is 8.97. The zero-order valence-corrected chi connectivity index (χ0v) is 6.79. The van der Waals surface area contributed by atoms with E-state index in [-0.39, 0.29) is 18.1 Å². The van der Waals surface area contributed by atoms with Gasteiger partial charge in [0.25, 0.3) is 0 Å². The summed E-state index contributed by atoms with van der Waals surface area (Å²) in [5, 5.41) is 0. The molecule has 2 unspecified atom stereocenters. The maximum atomic E-state index is 5.34. The van der Waals surface area contributed by atoms with E-state index in [1.54, 1.807) is 0 Å². The molecule has 7 nitrogen and oxygen atoms in total. The van der Waals surface area contributed by atoms with Crippen LogP contribution in [0.2, 0.25) is 0 Å². The molecular weight excluding hydrogens is 160 g/mol. The van der Waals surface area contributed by atoms with E-state index in [2.05, 4.69) is 16.3 Å². The minimum absolute atomic E-state index is 0.0197. The molecule has 1 heterocycles. The molecule has 72 valence electrons. The third kappa shape index (κ3) is 1.90. The number of nitrogens with two attached hydrogens (primary N) is 3. The Morgan fingerprint density at radius 2 is 1.42 bits per heavy atom. The van der Waals surface area contributed by atoms with E-state index < -0.39 is 0 Å². The molecule has 3 atom stereocenters. The lowest BCUT2D eigenvalue weighted by atomic mass is 10.0. The van der Waals surface area contributed by atoms with Gasteiger partial charge < -0.3 is 4.74 Å². The van der Waals surface area contributed by atoms with Gasteiger partial charge in [0.15, 0.2) is 0 Å². The Labute approximate surface area is 70.9 Å². The molecule has 0 aromatic heterocycles. The van der Waals surface area contributed by atoms with E-state index in [1.807, 2.05) is 0 Å². The highest BCUT2D eigenvalue weighted by atomic mass is 16.5. The number of hydrogen-bond acceptors (Lipinski definition) is 7. The van der Waals surface area contributed by atoms with Crippen molar-refractivity contribution >= 4 is 0 Å². The fourth-order valence-corrected chi connectivity index (χ4v) is 1.35. The summed E-state index contributed by atoms with van der Waals surface area (Å²) < 4.78 is 5.23. The molecule has 0 saturated carbocycles. The minimum Gasteiger partial charge on any atom is -0.378 e. The molecule has 0 aliphatic carbocycles. The van der Waals surface area contributed by atoms with E-state index in [9.17, 15) is 0 Å². The van der Waals surface area contributed by atoms with Crippen molar-refractivity contribution in [2.45, 2.75) is 18.1 Å². The molecule has 12 heavy (non-hydrogen) atoms. The minimum atomic E-state index is -0.0233. The molecule has 1 aliphatic heterocycles. The second kappa shape index (κ2) is 4.67. The first-order chi connectivity index (χ1) is 5.83. The second-order valence-corrected chi connectivity index (χ2v) is 2.78. The fourth-order valence-electron chi connectivity index (χ4n) is 1.35. The lowest BCUT2D eigenvalue weighted by molar-refractivity contribution is 0.0235. The van der Waals surface area contributed by atoms with Crippen LogP contribution in [0.5, 0.6) is 0 Å². The summed E-state index contributed by atoms with van der Waals surface area (Å²) in [5.74, 6) is 15.9. The molecular formula is C5H16N6O. The Bertz CT molecular complexity index is 121. The third-order valence-electron chi connectivity index (χ3n) is 2.08. The van der Waals surface area contributed by atoms with Crippen molar-refractivity contribution in [1.82, 2.24) is 16.3 Å². The van der Waals surface area contributed by atoms with E-state index in [0.29, 0.717) is 13.2 Å². The Morgan fingerprint density at radius 1 is 0.917 bits per heavy atom. The van der Waals surface area contributed by atoms with Crippen molar-refractivity contribution in [3.63, 3.8) is 0 Å². The van der Waals surface area contributed by atoms with Gasteiger partial charge in [-0.25, -0.2) is 0 Å². The average molecular weight is 176 g/mol. The summed E-state index contributed by atoms with van der Waals surface area (Å²) >= 11 is 0. The second-order valence-electron chi connectivity index (χ2n) is 2.78. The normalized spacial score (nSPS) is 36.8. The first-order valence-electron chi connectivity index (χ1n) is 3.79. The van der Waals surface area contributed by atoms with Crippen molar-refractivity contribution in [1.29, 1.82) is 0 Å². The van der Waals surface area contributed by atoms with Gasteiger partial charge in [0.05, 0.1) is 31.3 Å². The van der Waals surface area contributed by atoms with Crippen LogP contribution < -0.4 is 33.8 Å². The smallest absolute Gasteiger partial charge is 0.0650 e. The first kappa shape index (κ1) is 9.81. The highest BCUT2D eigenvalue weighted by Crippen LogP contribution is 2.06. The summed E-state index contributed by atoms with van der Waals surface area (Å²) in [6, 6.07) is -0.0663. The Kier molecular flexibility index (Phi) is 3.82. The van der Waals surface area contributed by atoms with Gasteiger partial charge in [-0.1, -0.05) is 0 Å². The van der Waals surface area contributed by atoms with Crippen molar-refractivity contribution in [2.75, 3.05) is 13.2 Å². The monoisotopic (exact) mass is 176 g/mol. The zero-order valence-electron chi connectivity index (χ0n) is 6.79. The van der Waals surface area contributed by atoms with Gasteiger partial charge in [-0.05, 0) is 0 Å². The largest absolute Gasteiger partial charge is 0.378 e. The molecule has 0 amide bonds. The van der Waals surface area contributed by atoms with Crippen LogP contribution in [0.15, 0.2) is 0 Å². The van der Waals surface area contributed by atoms with E-state index in [1.165, 1.54) is 0 Å². The number of ether oxygens (including phenoxy) is 1. The van der Waals surface area contributed by atoms with Crippen LogP contribution in [0.25, 0.3) is 0 Å². The summed E-state index contributed by atoms with van der Waals surface area (Å²) in [4.78, 5) is 0. The SMILES string of the molecule is NNC1COC[C@@H](NN)C1NN. The molecule has 0 spiro atoms. The van der Waals surface area contributed by atoms with Crippen LogP contribution in [-0.2, 0) is 4.74 Å².